The lowest BCUT2D eigenvalue weighted by Crippen LogP contribution is -2.34. The molecule has 1 aliphatic carbocycles. The van der Waals surface area contributed by atoms with Crippen LogP contribution in [0.5, 0.6) is 0 Å². The van der Waals surface area contributed by atoms with Crippen LogP contribution in [0.1, 0.15) is 87.0 Å². The molecular formula is C26H32O2. The first-order valence-corrected chi connectivity index (χ1v) is 10.1. The van der Waals surface area contributed by atoms with Gasteiger partial charge in [-0.3, -0.25) is 0 Å². The van der Waals surface area contributed by atoms with Gasteiger partial charge in [-0.05, 0) is 58.1 Å². The third-order valence-electron chi connectivity index (χ3n) is 6.45. The maximum atomic E-state index is 11.0. The van der Waals surface area contributed by atoms with Crippen LogP contribution in [-0.4, -0.2) is 11.1 Å². The van der Waals surface area contributed by atoms with Crippen molar-refractivity contribution in [1.82, 2.24) is 0 Å². The van der Waals surface area contributed by atoms with Crippen molar-refractivity contribution in [3.8, 4) is 0 Å². The highest BCUT2D eigenvalue weighted by atomic mass is 16.4. The number of carboxylic acid groups (broad SMARTS) is 1. The van der Waals surface area contributed by atoms with E-state index in [1.165, 1.54) is 29.5 Å². The molecular weight excluding hydrogens is 344 g/mol. The second-order valence-electron chi connectivity index (χ2n) is 10.0. The second-order valence-corrected chi connectivity index (χ2v) is 10.0. The lowest BCUT2D eigenvalue weighted by Gasteiger charge is -2.42. The minimum Gasteiger partial charge on any atom is -0.478 e. The molecule has 28 heavy (non-hydrogen) atoms. The zero-order valence-electron chi connectivity index (χ0n) is 18.0. The first kappa shape index (κ1) is 20.4. The molecule has 148 valence electrons. The number of fused-ring (bicyclic) bond motifs is 1. The van der Waals surface area contributed by atoms with Crippen LogP contribution in [0, 0.1) is 0 Å². The summed E-state index contributed by atoms with van der Waals surface area (Å²) >= 11 is 0. The first-order chi connectivity index (χ1) is 12.9. The van der Waals surface area contributed by atoms with Crippen LogP contribution in [0.15, 0.2) is 48.5 Å². The van der Waals surface area contributed by atoms with Gasteiger partial charge in [0.1, 0.15) is 0 Å². The molecule has 2 aromatic carbocycles. The highest BCUT2D eigenvalue weighted by Gasteiger charge is 2.37. The molecule has 0 aliphatic heterocycles. The van der Waals surface area contributed by atoms with Gasteiger partial charge < -0.3 is 5.11 Å². The molecule has 0 aromatic heterocycles. The van der Waals surface area contributed by atoms with E-state index in [4.69, 9.17) is 5.11 Å². The molecule has 0 atom stereocenters. The average molecular weight is 377 g/mol. The number of hydrogen-bond acceptors (Lipinski definition) is 1. The van der Waals surface area contributed by atoms with Gasteiger partial charge in [-0.15, -0.1) is 0 Å². The van der Waals surface area contributed by atoms with Gasteiger partial charge >= 0.3 is 5.97 Å². The molecule has 1 aliphatic rings. The van der Waals surface area contributed by atoms with E-state index < -0.39 is 5.97 Å². The molecule has 1 N–H and O–H groups in total. The Hall–Kier alpha value is -2.35. The summed E-state index contributed by atoms with van der Waals surface area (Å²) in [7, 11) is 0. The van der Waals surface area contributed by atoms with Crippen molar-refractivity contribution in [2.45, 2.75) is 70.6 Å². The van der Waals surface area contributed by atoms with E-state index in [-0.39, 0.29) is 16.2 Å². The molecule has 0 bridgehead atoms. The third-order valence-corrected chi connectivity index (χ3v) is 6.45. The number of aromatic carboxylic acids is 1. The Kier molecular flexibility index (Phi) is 5.04. The van der Waals surface area contributed by atoms with Gasteiger partial charge in [-0.2, -0.15) is 0 Å². The van der Waals surface area contributed by atoms with Crippen LogP contribution < -0.4 is 0 Å². The quantitative estimate of drug-likeness (QED) is 0.642. The van der Waals surface area contributed by atoms with Crippen molar-refractivity contribution in [2.75, 3.05) is 0 Å². The van der Waals surface area contributed by atoms with Crippen molar-refractivity contribution in [1.29, 1.82) is 0 Å². The lowest BCUT2D eigenvalue weighted by atomic mass is 9.62. The zero-order valence-corrected chi connectivity index (χ0v) is 18.0. The van der Waals surface area contributed by atoms with Crippen molar-refractivity contribution >= 4 is 12.0 Å². The molecule has 0 saturated heterocycles. The van der Waals surface area contributed by atoms with Crippen LogP contribution in [0.4, 0.5) is 0 Å². The highest BCUT2D eigenvalue weighted by molar-refractivity contribution is 5.87. The number of carbonyl (C=O) groups is 1. The van der Waals surface area contributed by atoms with Crippen LogP contribution in [-0.2, 0) is 16.2 Å². The van der Waals surface area contributed by atoms with Crippen molar-refractivity contribution in [3.63, 3.8) is 0 Å². The van der Waals surface area contributed by atoms with E-state index in [2.05, 4.69) is 71.9 Å². The molecule has 0 radical (unpaired) electrons. The molecule has 0 unspecified atom stereocenters. The van der Waals surface area contributed by atoms with Gasteiger partial charge in [0.25, 0.3) is 0 Å². The van der Waals surface area contributed by atoms with Gasteiger partial charge in [0, 0.05) is 5.41 Å². The summed E-state index contributed by atoms with van der Waals surface area (Å²) in [6.45, 7) is 13.9. The van der Waals surface area contributed by atoms with E-state index >= 15 is 0 Å². The largest absolute Gasteiger partial charge is 0.478 e. The van der Waals surface area contributed by atoms with E-state index in [1.807, 2.05) is 12.1 Å². The molecule has 0 saturated carbocycles. The highest BCUT2D eigenvalue weighted by Crippen LogP contribution is 2.46. The summed E-state index contributed by atoms with van der Waals surface area (Å²) in [6, 6.07) is 14.0. The smallest absolute Gasteiger partial charge is 0.335 e. The van der Waals surface area contributed by atoms with Gasteiger partial charge in [0.2, 0.25) is 0 Å². The fraction of sp³-hybridized carbons (Fsp3) is 0.423. The standard InChI is InChI=1S/C26H32O2/c1-24(2,14-13-18-7-9-19(10-8-18)23(27)28)20-11-12-21-22(17-20)26(5,6)16-15-25(21,3)4/h7-14,17H,15-16H2,1-6H3,(H,27,28). The summed E-state index contributed by atoms with van der Waals surface area (Å²) in [5.41, 5.74) is 5.93. The Balaban J connectivity index is 1.93. The molecule has 0 fully saturated rings. The predicted octanol–water partition coefficient (Wildman–Crippen LogP) is 6.72. The monoisotopic (exact) mass is 376 g/mol. The SMILES string of the molecule is CC(C)(C=Cc1ccc(C(=O)O)cc1)c1ccc2c(c1)C(C)(C)CCC2(C)C. The van der Waals surface area contributed by atoms with E-state index in [0.29, 0.717) is 5.56 Å². The Bertz CT molecular complexity index is 912. The van der Waals surface area contributed by atoms with Gasteiger partial charge in [0.15, 0.2) is 0 Å². The lowest BCUT2D eigenvalue weighted by molar-refractivity contribution is 0.0697. The summed E-state index contributed by atoms with van der Waals surface area (Å²) in [6.07, 6.45) is 6.73. The minimum atomic E-state index is -0.893. The number of rotatable bonds is 4. The van der Waals surface area contributed by atoms with E-state index in [9.17, 15) is 4.79 Å². The Morgan fingerprint density at radius 3 is 2.07 bits per heavy atom. The summed E-state index contributed by atoms with van der Waals surface area (Å²) in [4.78, 5) is 11.0. The van der Waals surface area contributed by atoms with Crippen LogP contribution in [0.2, 0.25) is 0 Å². The Morgan fingerprint density at radius 2 is 1.50 bits per heavy atom. The Morgan fingerprint density at radius 1 is 0.929 bits per heavy atom. The van der Waals surface area contributed by atoms with Gasteiger partial charge in [-0.1, -0.05) is 84.0 Å². The number of benzene rings is 2. The van der Waals surface area contributed by atoms with Crippen molar-refractivity contribution < 1.29 is 9.90 Å². The predicted molar refractivity (Wildman–Crippen MR) is 117 cm³/mol. The van der Waals surface area contributed by atoms with Gasteiger partial charge in [-0.25, -0.2) is 4.79 Å². The average Bonchev–Trinajstić information content (AvgIpc) is 2.64. The summed E-state index contributed by atoms with van der Waals surface area (Å²) < 4.78 is 0. The molecule has 2 heteroatoms. The fourth-order valence-electron chi connectivity index (χ4n) is 4.13. The normalized spacial score (nSPS) is 18.1. The number of allylic oxidation sites excluding steroid dienone is 1. The maximum Gasteiger partial charge on any atom is 0.335 e. The van der Waals surface area contributed by atoms with E-state index in [0.717, 1.165) is 5.56 Å². The molecule has 0 amide bonds. The van der Waals surface area contributed by atoms with Crippen LogP contribution in [0.3, 0.4) is 0 Å². The fourth-order valence-corrected chi connectivity index (χ4v) is 4.13. The first-order valence-electron chi connectivity index (χ1n) is 10.1. The maximum absolute atomic E-state index is 11.0. The minimum absolute atomic E-state index is 0.113. The van der Waals surface area contributed by atoms with E-state index in [1.54, 1.807) is 12.1 Å². The van der Waals surface area contributed by atoms with Crippen LogP contribution >= 0.6 is 0 Å². The second kappa shape index (κ2) is 6.92. The topological polar surface area (TPSA) is 37.3 Å². The number of hydrogen-bond donors (Lipinski definition) is 1. The zero-order chi connectivity index (χ0) is 20.7. The number of carboxylic acids is 1. The molecule has 0 heterocycles. The van der Waals surface area contributed by atoms with Crippen LogP contribution in [0.25, 0.3) is 6.08 Å². The summed E-state index contributed by atoms with van der Waals surface area (Å²) in [5, 5.41) is 9.04. The van der Waals surface area contributed by atoms with Crippen molar-refractivity contribution in [2.24, 2.45) is 0 Å². The molecule has 2 nitrogen and oxygen atoms in total. The Labute approximate surface area is 169 Å². The van der Waals surface area contributed by atoms with Crippen molar-refractivity contribution in [3.05, 3.63) is 76.4 Å². The molecule has 3 rings (SSSR count). The summed E-state index contributed by atoms with van der Waals surface area (Å²) in [5.74, 6) is -0.893. The van der Waals surface area contributed by atoms with Gasteiger partial charge in [0.05, 0.1) is 5.56 Å². The molecule has 0 spiro atoms. The third kappa shape index (κ3) is 3.92. The molecule has 2 aromatic rings.